The minimum absolute atomic E-state index is 0.0303. The molecule has 0 radical (unpaired) electrons. The van der Waals surface area contributed by atoms with Crippen molar-refractivity contribution in [1.82, 2.24) is 35.4 Å². The zero-order valence-corrected chi connectivity index (χ0v) is 15.7. The monoisotopic (exact) mass is 363 g/mol. The van der Waals surface area contributed by atoms with E-state index in [0.717, 1.165) is 6.54 Å². The lowest BCUT2D eigenvalue weighted by Gasteiger charge is -2.11. The Morgan fingerprint density at radius 3 is 2.54 bits per heavy atom. The van der Waals surface area contributed by atoms with Gasteiger partial charge in [0.1, 0.15) is 5.82 Å². The average Bonchev–Trinajstić information content (AvgIpc) is 3.02. The normalized spacial score (nSPS) is 11.0. The van der Waals surface area contributed by atoms with Crippen molar-refractivity contribution in [3.05, 3.63) is 11.7 Å². The first kappa shape index (κ1) is 19.5. The van der Waals surface area contributed by atoms with Crippen molar-refractivity contribution >= 4 is 23.8 Å². The predicted molar refractivity (Wildman–Crippen MR) is 96.4 cm³/mol. The lowest BCUT2D eigenvalue weighted by molar-refractivity contribution is 0.0909. The van der Waals surface area contributed by atoms with Crippen LogP contribution in [0.5, 0.6) is 0 Å². The van der Waals surface area contributed by atoms with Crippen LogP contribution in [0.4, 0.5) is 17.9 Å². The third kappa shape index (κ3) is 5.92. The zero-order chi connectivity index (χ0) is 19.1. The van der Waals surface area contributed by atoms with Crippen LogP contribution in [0.25, 0.3) is 0 Å². The summed E-state index contributed by atoms with van der Waals surface area (Å²) in [5.74, 6) is 0.779. The molecule has 0 fully saturated rings. The number of nitrogens with zero attached hydrogens (tertiary/aromatic N) is 6. The standard InChI is InChI=1S/C15H25N9O2/c1-6-10-18-13(16-7-8-24(4)5)20-14(19-10)21-15-23-22-12(26-15)11(25)17-9(2)3/h9H,6-8H2,1-5H3,(H,17,25)(H2,16,18,19,20,21,23). The van der Waals surface area contributed by atoms with Gasteiger partial charge in [0.25, 0.3) is 0 Å². The highest BCUT2D eigenvalue weighted by atomic mass is 16.4. The Morgan fingerprint density at radius 2 is 1.88 bits per heavy atom. The van der Waals surface area contributed by atoms with E-state index in [1.807, 2.05) is 34.9 Å². The van der Waals surface area contributed by atoms with Gasteiger partial charge >= 0.3 is 17.8 Å². The van der Waals surface area contributed by atoms with Gasteiger partial charge in [0.15, 0.2) is 0 Å². The first-order valence-corrected chi connectivity index (χ1v) is 8.42. The van der Waals surface area contributed by atoms with Crippen molar-refractivity contribution in [1.29, 1.82) is 0 Å². The van der Waals surface area contributed by atoms with Crippen LogP contribution < -0.4 is 16.0 Å². The molecule has 0 bridgehead atoms. The number of hydrogen-bond acceptors (Lipinski definition) is 10. The summed E-state index contributed by atoms with van der Waals surface area (Å²) in [5.41, 5.74) is 0. The Bertz CT molecular complexity index is 730. The number of anilines is 3. The summed E-state index contributed by atoms with van der Waals surface area (Å²) in [6, 6.07) is 0.00338. The maximum Gasteiger partial charge on any atom is 0.322 e. The van der Waals surface area contributed by atoms with E-state index >= 15 is 0 Å². The molecule has 2 aromatic heterocycles. The second-order valence-corrected chi connectivity index (χ2v) is 6.15. The number of carbonyl (C=O) groups is 1. The van der Waals surface area contributed by atoms with Gasteiger partial charge in [-0.25, -0.2) is 0 Å². The van der Waals surface area contributed by atoms with Gasteiger partial charge in [-0.15, -0.1) is 5.10 Å². The summed E-state index contributed by atoms with van der Waals surface area (Å²) in [6.45, 7) is 7.17. The largest absolute Gasteiger partial charge is 0.399 e. The Labute approximate surface area is 152 Å². The number of aromatic nitrogens is 5. The topological polar surface area (TPSA) is 134 Å². The molecule has 2 aromatic rings. The molecule has 0 saturated carbocycles. The highest BCUT2D eigenvalue weighted by Crippen LogP contribution is 2.13. The third-order valence-electron chi connectivity index (χ3n) is 3.10. The highest BCUT2D eigenvalue weighted by Gasteiger charge is 2.16. The molecule has 0 saturated heterocycles. The van der Waals surface area contributed by atoms with Gasteiger partial charge in [0.05, 0.1) is 0 Å². The van der Waals surface area contributed by atoms with Crippen molar-refractivity contribution in [2.45, 2.75) is 33.2 Å². The molecule has 0 aliphatic carbocycles. The lowest BCUT2D eigenvalue weighted by atomic mass is 10.4. The molecule has 0 aliphatic rings. The van der Waals surface area contributed by atoms with Crippen LogP contribution in [0, 0.1) is 0 Å². The zero-order valence-electron chi connectivity index (χ0n) is 15.7. The summed E-state index contributed by atoms with van der Waals surface area (Å²) in [6.07, 6.45) is 0.644. The van der Waals surface area contributed by atoms with Crippen LogP contribution in [-0.4, -0.2) is 69.2 Å². The van der Waals surface area contributed by atoms with Crippen LogP contribution in [0.1, 0.15) is 37.3 Å². The highest BCUT2D eigenvalue weighted by molar-refractivity contribution is 5.89. The Balaban J connectivity index is 2.08. The van der Waals surface area contributed by atoms with Crippen molar-refractivity contribution < 1.29 is 9.21 Å². The molecule has 0 unspecified atom stereocenters. The van der Waals surface area contributed by atoms with Gasteiger partial charge in [-0.1, -0.05) is 12.0 Å². The van der Waals surface area contributed by atoms with Gasteiger partial charge in [-0.3, -0.25) is 10.1 Å². The van der Waals surface area contributed by atoms with E-state index in [2.05, 4.69) is 46.0 Å². The molecule has 0 aliphatic heterocycles. The quantitative estimate of drug-likeness (QED) is 0.583. The summed E-state index contributed by atoms with van der Waals surface area (Å²) >= 11 is 0. The SMILES string of the molecule is CCc1nc(NCCN(C)C)nc(Nc2nnc(C(=O)NC(C)C)o2)n1. The van der Waals surface area contributed by atoms with Gasteiger partial charge in [-0.05, 0) is 27.9 Å². The molecule has 0 aromatic carbocycles. The number of carbonyl (C=O) groups excluding carboxylic acids is 1. The second kappa shape index (κ2) is 9.04. The fourth-order valence-electron chi connectivity index (χ4n) is 1.89. The molecular formula is C15H25N9O2. The van der Waals surface area contributed by atoms with Crippen LogP contribution in [0.3, 0.4) is 0 Å². The maximum atomic E-state index is 11.9. The molecule has 1 amide bonds. The minimum Gasteiger partial charge on any atom is -0.399 e. The van der Waals surface area contributed by atoms with E-state index in [9.17, 15) is 4.79 Å². The molecule has 142 valence electrons. The van der Waals surface area contributed by atoms with Crippen LogP contribution >= 0.6 is 0 Å². The molecule has 2 heterocycles. The molecule has 0 spiro atoms. The van der Waals surface area contributed by atoms with E-state index in [-0.39, 0.29) is 23.9 Å². The number of hydrogen-bond donors (Lipinski definition) is 3. The molecule has 11 heteroatoms. The maximum absolute atomic E-state index is 11.9. The van der Waals surface area contributed by atoms with Gasteiger partial charge in [-0.2, -0.15) is 15.0 Å². The van der Waals surface area contributed by atoms with Crippen molar-refractivity contribution in [2.75, 3.05) is 37.8 Å². The fraction of sp³-hybridized carbons (Fsp3) is 0.600. The number of nitrogens with one attached hydrogen (secondary N) is 3. The number of rotatable bonds is 9. The van der Waals surface area contributed by atoms with Crippen LogP contribution in [0.15, 0.2) is 4.42 Å². The predicted octanol–water partition coefficient (Wildman–Crippen LogP) is 0.672. The molecular weight excluding hydrogens is 338 g/mol. The molecule has 2 rings (SSSR count). The number of amides is 1. The summed E-state index contributed by atoms with van der Waals surface area (Å²) in [4.78, 5) is 26.8. The summed E-state index contributed by atoms with van der Waals surface area (Å²) in [5, 5.41) is 16.1. The Hall–Kier alpha value is -2.82. The lowest BCUT2D eigenvalue weighted by Crippen LogP contribution is -2.30. The van der Waals surface area contributed by atoms with E-state index in [4.69, 9.17) is 4.42 Å². The van der Waals surface area contributed by atoms with Crippen molar-refractivity contribution in [3.63, 3.8) is 0 Å². The van der Waals surface area contributed by atoms with Crippen LogP contribution in [-0.2, 0) is 6.42 Å². The average molecular weight is 363 g/mol. The Kier molecular flexibility index (Phi) is 6.78. The van der Waals surface area contributed by atoms with Gasteiger partial charge in [0.2, 0.25) is 11.9 Å². The van der Waals surface area contributed by atoms with E-state index < -0.39 is 5.91 Å². The third-order valence-corrected chi connectivity index (χ3v) is 3.10. The van der Waals surface area contributed by atoms with Gasteiger partial charge < -0.3 is 20.0 Å². The van der Waals surface area contributed by atoms with E-state index in [0.29, 0.717) is 24.7 Å². The smallest absolute Gasteiger partial charge is 0.322 e. The fourth-order valence-corrected chi connectivity index (χ4v) is 1.89. The molecule has 0 atom stereocenters. The first-order valence-electron chi connectivity index (χ1n) is 8.42. The summed E-state index contributed by atoms with van der Waals surface area (Å²) in [7, 11) is 3.98. The molecule has 11 nitrogen and oxygen atoms in total. The molecule has 26 heavy (non-hydrogen) atoms. The number of likely N-dealkylation sites (N-methyl/N-ethyl adjacent to an activating group) is 1. The second-order valence-electron chi connectivity index (χ2n) is 6.15. The van der Waals surface area contributed by atoms with E-state index in [1.165, 1.54) is 0 Å². The van der Waals surface area contributed by atoms with E-state index in [1.54, 1.807) is 0 Å². The van der Waals surface area contributed by atoms with Crippen LogP contribution in [0.2, 0.25) is 0 Å². The first-order chi connectivity index (χ1) is 12.4. The van der Waals surface area contributed by atoms with Crippen molar-refractivity contribution in [2.24, 2.45) is 0 Å². The number of aryl methyl sites for hydroxylation is 1. The molecule has 3 N–H and O–H groups in total. The van der Waals surface area contributed by atoms with Crippen molar-refractivity contribution in [3.8, 4) is 0 Å². The minimum atomic E-state index is -0.434. The Morgan fingerprint density at radius 1 is 1.15 bits per heavy atom. The van der Waals surface area contributed by atoms with Gasteiger partial charge in [0, 0.05) is 25.6 Å². The summed E-state index contributed by atoms with van der Waals surface area (Å²) < 4.78 is 5.30.